The number of nitrogens with one attached hydrogen (secondary N) is 1. The third kappa shape index (κ3) is 3.13. The second-order valence-corrected chi connectivity index (χ2v) is 5.55. The standard InChI is InChI=1S/C16H20N4O3/c1-3-19-10-18-13-5-4-12(8-14(13)19)23-11(2)16(22)20-7-6-17-15(21)9-20/h4-5,8,10-11H,3,6-7,9H2,1-2H3,(H,17,21)/t11-/m1/s1. The molecule has 1 saturated heterocycles. The van der Waals surface area contributed by atoms with Crippen LogP contribution in [0, 0.1) is 0 Å². The van der Waals surface area contributed by atoms with Crippen molar-refractivity contribution in [3.05, 3.63) is 24.5 Å². The minimum Gasteiger partial charge on any atom is -0.481 e. The molecule has 0 radical (unpaired) electrons. The second-order valence-electron chi connectivity index (χ2n) is 5.55. The Labute approximate surface area is 134 Å². The van der Waals surface area contributed by atoms with E-state index >= 15 is 0 Å². The van der Waals surface area contributed by atoms with Crippen molar-refractivity contribution in [2.24, 2.45) is 0 Å². The lowest BCUT2D eigenvalue weighted by Gasteiger charge is -2.29. The first-order valence-corrected chi connectivity index (χ1v) is 7.75. The van der Waals surface area contributed by atoms with Crippen LogP contribution in [0.4, 0.5) is 0 Å². The number of fused-ring (bicyclic) bond motifs is 1. The fourth-order valence-corrected chi connectivity index (χ4v) is 2.70. The number of piperazine rings is 1. The Morgan fingerprint density at radius 2 is 2.30 bits per heavy atom. The lowest BCUT2D eigenvalue weighted by Crippen LogP contribution is -2.53. The third-order valence-electron chi connectivity index (χ3n) is 3.94. The summed E-state index contributed by atoms with van der Waals surface area (Å²) in [6, 6.07) is 5.57. The highest BCUT2D eigenvalue weighted by molar-refractivity contribution is 5.88. The van der Waals surface area contributed by atoms with Gasteiger partial charge in [-0.05, 0) is 26.0 Å². The number of hydrogen-bond donors (Lipinski definition) is 1. The van der Waals surface area contributed by atoms with Crippen LogP contribution in [0.15, 0.2) is 24.5 Å². The van der Waals surface area contributed by atoms with Crippen molar-refractivity contribution in [1.29, 1.82) is 0 Å². The number of imidazole rings is 1. The molecule has 1 N–H and O–H groups in total. The summed E-state index contributed by atoms with van der Waals surface area (Å²) in [6.07, 6.45) is 1.14. The van der Waals surface area contributed by atoms with Gasteiger partial charge >= 0.3 is 0 Å². The number of carbonyl (C=O) groups excluding carboxylic acids is 2. The summed E-state index contributed by atoms with van der Waals surface area (Å²) in [5, 5.41) is 2.70. The predicted molar refractivity (Wildman–Crippen MR) is 85.1 cm³/mol. The van der Waals surface area contributed by atoms with Crippen LogP contribution in [0.25, 0.3) is 11.0 Å². The number of amides is 2. The van der Waals surface area contributed by atoms with Crippen molar-refractivity contribution in [2.45, 2.75) is 26.5 Å². The zero-order valence-corrected chi connectivity index (χ0v) is 13.3. The minimum absolute atomic E-state index is 0.0914. The van der Waals surface area contributed by atoms with Gasteiger partial charge in [0, 0.05) is 25.7 Å². The summed E-state index contributed by atoms with van der Waals surface area (Å²) in [5.74, 6) is 0.309. The van der Waals surface area contributed by atoms with E-state index in [2.05, 4.69) is 10.3 Å². The number of ether oxygens (including phenoxy) is 1. The molecular formula is C16H20N4O3. The van der Waals surface area contributed by atoms with Crippen LogP contribution >= 0.6 is 0 Å². The zero-order chi connectivity index (χ0) is 16.4. The molecule has 2 amide bonds. The normalized spacial score (nSPS) is 16.3. The van der Waals surface area contributed by atoms with E-state index in [4.69, 9.17) is 4.74 Å². The number of nitrogens with zero attached hydrogens (tertiary/aromatic N) is 3. The summed E-state index contributed by atoms with van der Waals surface area (Å²) in [6.45, 7) is 5.66. The topological polar surface area (TPSA) is 76.5 Å². The predicted octanol–water partition coefficient (Wildman–Crippen LogP) is 0.782. The van der Waals surface area contributed by atoms with E-state index in [1.165, 1.54) is 4.90 Å². The van der Waals surface area contributed by atoms with Crippen LogP contribution in [0.1, 0.15) is 13.8 Å². The Morgan fingerprint density at radius 3 is 3.04 bits per heavy atom. The summed E-state index contributed by atoms with van der Waals surface area (Å²) < 4.78 is 7.80. The molecule has 1 fully saturated rings. The van der Waals surface area contributed by atoms with Gasteiger partial charge in [0.25, 0.3) is 5.91 Å². The van der Waals surface area contributed by atoms with Crippen LogP contribution in [0.3, 0.4) is 0 Å². The van der Waals surface area contributed by atoms with E-state index < -0.39 is 6.10 Å². The first-order chi connectivity index (χ1) is 11.1. The van der Waals surface area contributed by atoms with Crippen molar-refractivity contribution in [1.82, 2.24) is 19.8 Å². The van der Waals surface area contributed by atoms with Crippen LogP contribution in [-0.4, -0.2) is 52.0 Å². The molecule has 2 heterocycles. The molecule has 7 nitrogen and oxygen atoms in total. The molecule has 1 aromatic heterocycles. The molecule has 0 saturated carbocycles. The molecule has 23 heavy (non-hydrogen) atoms. The fourth-order valence-electron chi connectivity index (χ4n) is 2.70. The van der Waals surface area contributed by atoms with Crippen molar-refractivity contribution in [3.8, 4) is 5.75 Å². The molecule has 1 aliphatic rings. The molecule has 7 heteroatoms. The maximum absolute atomic E-state index is 12.4. The molecule has 0 unspecified atom stereocenters. The van der Waals surface area contributed by atoms with Crippen LogP contribution < -0.4 is 10.1 Å². The van der Waals surface area contributed by atoms with E-state index in [1.54, 1.807) is 13.3 Å². The molecule has 2 aromatic rings. The zero-order valence-electron chi connectivity index (χ0n) is 13.3. The highest BCUT2D eigenvalue weighted by Gasteiger charge is 2.26. The highest BCUT2D eigenvalue weighted by Crippen LogP contribution is 2.21. The average Bonchev–Trinajstić information content (AvgIpc) is 2.96. The van der Waals surface area contributed by atoms with Crippen molar-refractivity contribution >= 4 is 22.8 Å². The monoisotopic (exact) mass is 316 g/mol. The number of rotatable bonds is 4. The Morgan fingerprint density at radius 1 is 1.48 bits per heavy atom. The van der Waals surface area contributed by atoms with Crippen LogP contribution in [0.5, 0.6) is 5.75 Å². The summed E-state index contributed by atoms with van der Waals surface area (Å²) in [4.78, 5) is 29.6. The van der Waals surface area contributed by atoms with Crippen molar-refractivity contribution in [2.75, 3.05) is 19.6 Å². The SMILES string of the molecule is CCn1cnc2ccc(O[C@H](C)C(=O)N3CCNC(=O)C3)cc21. The summed E-state index contributed by atoms with van der Waals surface area (Å²) in [5.41, 5.74) is 1.87. The molecule has 3 rings (SSSR count). The average molecular weight is 316 g/mol. The van der Waals surface area contributed by atoms with Gasteiger partial charge in [0.05, 0.1) is 23.9 Å². The molecular weight excluding hydrogens is 296 g/mol. The molecule has 122 valence electrons. The highest BCUT2D eigenvalue weighted by atomic mass is 16.5. The van der Waals surface area contributed by atoms with Gasteiger partial charge in [0.15, 0.2) is 6.10 Å². The molecule has 1 atom stereocenters. The van der Waals surface area contributed by atoms with E-state index in [-0.39, 0.29) is 18.4 Å². The Balaban J connectivity index is 1.72. The van der Waals surface area contributed by atoms with Crippen molar-refractivity contribution < 1.29 is 14.3 Å². The number of hydrogen-bond acceptors (Lipinski definition) is 4. The molecule has 0 bridgehead atoms. The maximum atomic E-state index is 12.4. The first kappa shape index (κ1) is 15.3. The lowest BCUT2D eigenvalue weighted by molar-refractivity contribution is -0.143. The number of benzene rings is 1. The molecule has 1 aromatic carbocycles. The van der Waals surface area contributed by atoms with E-state index in [0.717, 1.165) is 17.6 Å². The fraction of sp³-hybridized carbons (Fsp3) is 0.438. The Bertz CT molecular complexity index is 740. The first-order valence-electron chi connectivity index (χ1n) is 7.75. The van der Waals surface area contributed by atoms with Gasteiger partial charge in [-0.3, -0.25) is 9.59 Å². The van der Waals surface area contributed by atoms with Gasteiger partial charge in [-0.2, -0.15) is 0 Å². The largest absolute Gasteiger partial charge is 0.481 e. The quantitative estimate of drug-likeness (QED) is 0.904. The lowest BCUT2D eigenvalue weighted by atomic mass is 10.2. The third-order valence-corrected chi connectivity index (χ3v) is 3.94. The van der Waals surface area contributed by atoms with Gasteiger partial charge in [0.1, 0.15) is 5.75 Å². The summed E-state index contributed by atoms with van der Waals surface area (Å²) >= 11 is 0. The van der Waals surface area contributed by atoms with E-state index in [0.29, 0.717) is 18.8 Å². The smallest absolute Gasteiger partial charge is 0.263 e. The van der Waals surface area contributed by atoms with Gasteiger partial charge in [0.2, 0.25) is 5.91 Å². The Hall–Kier alpha value is -2.57. The molecule has 0 spiro atoms. The van der Waals surface area contributed by atoms with E-state index in [9.17, 15) is 9.59 Å². The maximum Gasteiger partial charge on any atom is 0.263 e. The Kier molecular flexibility index (Phi) is 4.18. The number of carbonyl (C=O) groups is 2. The number of aromatic nitrogens is 2. The van der Waals surface area contributed by atoms with Crippen LogP contribution in [0.2, 0.25) is 0 Å². The van der Waals surface area contributed by atoms with Crippen LogP contribution in [-0.2, 0) is 16.1 Å². The van der Waals surface area contributed by atoms with Gasteiger partial charge in [-0.15, -0.1) is 0 Å². The van der Waals surface area contributed by atoms with Gasteiger partial charge in [-0.25, -0.2) is 4.98 Å². The molecule has 0 aliphatic carbocycles. The minimum atomic E-state index is -0.642. The van der Waals surface area contributed by atoms with Crippen molar-refractivity contribution in [3.63, 3.8) is 0 Å². The summed E-state index contributed by atoms with van der Waals surface area (Å²) in [7, 11) is 0. The second kappa shape index (κ2) is 6.28. The van der Waals surface area contributed by atoms with Gasteiger partial charge < -0.3 is 19.5 Å². The van der Waals surface area contributed by atoms with Gasteiger partial charge in [-0.1, -0.05) is 0 Å². The molecule has 1 aliphatic heterocycles. The van der Waals surface area contributed by atoms with E-state index in [1.807, 2.05) is 29.7 Å². The number of aryl methyl sites for hydroxylation is 1.